The number of hydrogen-bond acceptors (Lipinski definition) is 4. The molecule has 0 atom stereocenters. The zero-order valence-electron chi connectivity index (χ0n) is 14.4. The van der Waals surface area contributed by atoms with Crippen molar-refractivity contribution in [2.24, 2.45) is 0 Å². The Morgan fingerprint density at radius 3 is 2.63 bits per heavy atom. The lowest BCUT2D eigenvalue weighted by Crippen LogP contribution is -2.04. The third kappa shape index (κ3) is 4.58. The standard InChI is InChI=1S/C20H16F2N2O3/c1-26-19-11-15(8-10-18(19)27-20(21)22)17(25)9-7-14-12-23-24(13-14)16-5-3-2-4-6-16/h2-13,20H,1H3/b9-7+. The Morgan fingerprint density at radius 1 is 1.15 bits per heavy atom. The number of nitrogens with zero attached hydrogens (tertiary/aromatic N) is 2. The number of halogens is 2. The molecule has 5 nitrogen and oxygen atoms in total. The molecule has 1 heterocycles. The fraction of sp³-hybridized carbons (Fsp3) is 0.100. The molecule has 27 heavy (non-hydrogen) atoms. The molecule has 3 rings (SSSR count). The van der Waals surface area contributed by atoms with Crippen LogP contribution < -0.4 is 9.47 Å². The van der Waals surface area contributed by atoms with E-state index in [1.54, 1.807) is 23.2 Å². The molecule has 0 fully saturated rings. The Labute approximate surface area is 154 Å². The predicted octanol–water partition coefficient (Wildman–Crippen LogP) is 4.38. The fourth-order valence-corrected chi connectivity index (χ4v) is 2.43. The number of hydrogen-bond donors (Lipinski definition) is 0. The van der Waals surface area contributed by atoms with Crippen LogP contribution >= 0.6 is 0 Å². The smallest absolute Gasteiger partial charge is 0.387 e. The topological polar surface area (TPSA) is 53.3 Å². The van der Waals surface area contributed by atoms with Gasteiger partial charge in [-0.3, -0.25) is 4.79 Å². The van der Waals surface area contributed by atoms with Crippen molar-refractivity contribution in [3.05, 3.63) is 78.1 Å². The average Bonchev–Trinajstić information content (AvgIpc) is 3.16. The lowest BCUT2D eigenvalue weighted by molar-refractivity contribution is -0.0512. The van der Waals surface area contributed by atoms with Gasteiger partial charge in [-0.25, -0.2) is 4.68 Å². The Kier molecular flexibility index (Phi) is 5.61. The third-order valence-electron chi connectivity index (χ3n) is 3.71. The second-order valence-corrected chi connectivity index (χ2v) is 5.50. The van der Waals surface area contributed by atoms with Crippen molar-refractivity contribution in [3.63, 3.8) is 0 Å². The van der Waals surface area contributed by atoms with Crippen LogP contribution in [0.3, 0.4) is 0 Å². The van der Waals surface area contributed by atoms with Crippen LogP contribution in [0.1, 0.15) is 15.9 Å². The minimum absolute atomic E-state index is 0.0615. The van der Waals surface area contributed by atoms with Crippen molar-refractivity contribution in [1.29, 1.82) is 0 Å². The van der Waals surface area contributed by atoms with Crippen molar-refractivity contribution in [3.8, 4) is 17.2 Å². The van der Waals surface area contributed by atoms with Crippen LogP contribution in [0.15, 0.2) is 67.0 Å². The lowest BCUT2D eigenvalue weighted by Gasteiger charge is -2.10. The molecule has 0 radical (unpaired) electrons. The molecule has 138 valence electrons. The van der Waals surface area contributed by atoms with Crippen LogP contribution in [0.4, 0.5) is 8.78 Å². The molecule has 0 unspecified atom stereocenters. The number of rotatable bonds is 7. The van der Waals surface area contributed by atoms with E-state index in [1.165, 1.54) is 31.4 Å². The Hall–Kier alpha value is -3.48. The molecule has 0 saturated carbocycles. The van der Waals surface area contributed by atoms with Gasteiger partial charge in [0.15, 0.2) is 17.3 Å². The first-order valence-corrected chi connectivity index (χ1v) is 8.02. The molecular weight excluding hydrogens is 354 g/mol. The van der Waals surface area contributed by atoms with Gasteiger partial charge in [0.2, 0.25) is 0 Å². The molecular formula is C20H16F2N2O3. The van der Waals surface area contributed by atoms with E-state index >= 15 is 0 Å². The quantitative estimate of drug-likeness (QED) is 0.458. The van der Waals surface area contributed by atoms with Crippen molar-refractivity contribution in [2.45, 2.75) is 6.61 Å². The lowest BCUT2D eigenvalue weighted by atomic mass is 10.1. The summed E-state index contributed by atoms with van der Waals surface area (Å²) in [6, 6.07) is 13.6. The van der Waals surface area contributed by atoms with Crippen molar-refractivity contribution in [1.82, 2.24) is 9.78 Å². The summed E-state index contributed by atoms with van der Waals surface area (Å²) >= 11 is 0. The summed E-state index contributed by atoms with van der Waals surface area (Å²) in [4.78, 5) is 12.3. The number of allylic oxidation sites excluding steroid dienone is 1. The van der Waals surface area contributed by atoms with Gasteiger partial charge in [0.05, 0.1) is 19.0 Å². The number of benzene rings is 2. The van der Waals surface area contributed by atoms with Crippen molar-refractivity contribution >= 4 is 11.9 Å². The predicted molar refractivity (Wildman–Crippen MR) is 96.6 cm³/mol. The minimum atomic E-state index is -2.97. The summed E-state index contributed by atoms with van der Waals surface area (Å²) in [5.74, 6) is -0.368. The van der Waals surface area contributed by atoms with Crippen LogP contribution in [0.5, 0.6) is 11.5 Å². The van der Waals surface area contributed by atoms with E-state index in [0.29, 0.717) is 5.56 Å². The molecule has 0 bridgehead atoms. The van der Waals surface area contributed by atoms with Crippen molar-refractivity contribution < 1.29 is 23.0 Å². The maximum Gasteiger partial charge on any atom is 0.387 e. The van der Waals surface area contributed by atoms with Crippen LogP contribution in [-0.4, -0.2) is 29.3 Å². The van der Waals surface area contributed by atoms with E-state index in [4.69, 9.17) is 4.74 Å². The highest BCUT2D eigenvalue weighted by atomic mass is 19.3. The Balaban J connectivity index is 1.74. The summed E-state index contributed by atoms with van der Waals surface area (Å²) in [5, 5.41) is 4.25. The zero-order chi connectivity index (χ0) is 19.2. The highest BCUT2D eigenvalue weighted by Gasteiger charge is 2.13. The van der Waals surface area contributed by atoms with E-state index in [0.717, 1.165) is 11.3 Å². The zero-order valence-corrected chi connectivity index (χ0v) is 14.4. The normalized spacial score (nSPS) is 11.1. The highest BCUT2D eigenvalue weighted by Crippen LogP contribution is 2.29. The molecule has 0 saturated heterocycles. The van der Waals surface area contributed by atoms with Crippen LogP contribution in [-0.2, 0) is 0 Å². The monoisotopic (exact) mass is 370 g/mol. The summed E-state index contributed by atoms with van der Waals surface area (Å²) < 4.78 is 35.8. The minimum Gasteiger partial charge on any atom is -0.493 e. The van der Waals surface area contributed by atoms with E-state index in [2.05, 4.69) is 9.84 Å². The Bertz CT molecular complexity index is 953. The largest absolute Gasteiger partial charge is 0.493 e. The summed E-state index contributed by atoms with van der Waals surface area (Å²) in [7, 11) is 1.32. The molecule has 7 heteroatoms. The molecule has 0 aliphatic rings. The number of carbonyl (C=O) groups excluding carboxylic acids is 1. The molecule has 3 aromatic rings. The third-order valence-corrected chi connectivity index (χ3v) is 3.71. The van der Waals surface area contributed by atoms with Gasteiger partial charge in [0.1, 0.15) is 0 Å². The maximum absolute atomic E-state index is 12.4. The van der Waals surface area contributed by atoms with Gasteiger partial charge in [0, 0.05) is 17.3 Å². The average molecular weight is 370 g/mol. The van der Waals surface area contributed by atoms with Gasteiger partial charge in [-0.05, 0) is 42.5 Å². The first kappa shape index (κ1) is 18.3. The number of para-hydroxylation sites is 1. The van der Waals surface area contributed by atoms with Gasteiger partial charge in [-0.1, -0.05) is 18.2 Å². The first-order valence-electron chi connectivity index (χ1n) is 8.02. The molecule has 0 aliphatic carbocycles. The summed E-state index contributed by atoms with van der Waals surface area (Å²) in [6.45, 7) is -2.97. The molecule has 0 aliphatic heterocycles. The summed E-state index contributed by atoms with van der Waals surface area (Å²) in [6.07, 6.45) is 6.44. The SMILES string of the molecule is COc1cc(C(=O)/C=C/c2cnn(-c3ccccc3)c2)ccc1OC(F)F. The highest BCUT2D eigenvalue weighted by molar-refractivity contribution is 6.07. The van der Waals surface area contributed by atoms with E-state index in [1.807, 2.05) is 30.3 Å². The molecule has 2 aromatic carbocycles. The second-order valence-electron chi connectivity index (χ2n) is 5.50. The van der Waals surface area contributed by atoms with Gasteiger partial charge in [0.25, 0.3) is 0 Å². The van der Waals surface area contributed by atoms with E-state index < -0.39 is 6.61 Å². The molecule has 0 N–H and O–H groups in total. The van der Waals surface area contributed by atoms with Crippen LogP contribution in [0, 0.1) is 0 Å². The van der Waals surface area contributed by atoms with Crippen LogP contribution in [0.2, 0.25) is 0 Å². The number of ketones is 1. The molecule has 0 amide bonds. The van der Waals surface area contributed by atoms with Crippen molar-refractivity contribution in [2.75, 3.05) is 7.11 Å². The number of aromatic nitrogens is 2. The van der Waals surface area contributed by atoms with Gasteiger partial charge in [-0.2, -0.15) is 13.9 Å². The van der Waals surface area contributed by atoms with E-state index in [-0.39, 0.29) is 17.3 Å². The second kappa shape index (κ2) is 8.27. The maximum atomic E-state index is 12.4. The van der Waals surface area contributed by atoms with E-state index in [9.17, 15) is 13.6 Å². The number of alkyl halides is 2. The number of carbonyl (C=O) groups is 1. The van der Waals surface area contributed by atoms with Gasteiger partial charge in [-0.15, -0.1) is 0 Å². The molecule has 1 aromatic heterocycles. The number of methoxy groups -OCH3 is 1. The van der Waals surface area contributed by atoms with Gasteiger partial charge < -0.3 is 9.47 Å². The van der Waals surface area contributed by atoms with Crippen LogP contribution in [0.25, 0.3) is 11.8 Å². The molecule has 0 spiro atoms. The Morgan fingerprint density at radius 2 is 1.93 bits per heavy atom. The fourth-order valence-electron chi connectivity index (χ4n) is 2.43. The summed E-state index contributed by atoms with van der Waals surface area (Å²) in [5.41, 5.74) is 1.94. The first-order chi connectivity index (χ1) is 13.1. The number of ether oxygens (including phenoxy) is 2. The van der Waals surface area contributed by atoms with Gasteiger partial charge >= 0.3 is 6.61 Å².